The summed E-state index contributed by atoms with van der Waals surface area (Å²) in [4.78, 5) is 13.4. The predicted octanol–water partition coefficient (Wildman–Crippen LogP) is 1.40. The van der Waals surface area contributed by atoms with E-state index in [4.69, 9.17) is 0 Å². The Labute approximate surface area is 105 Å². The molecule has 1 atom stereocenters. The van der Waals surface area contributed by atoms with Gasteiger partial charge in [0.1, 0.15) is 0 Å². The number of carbonyl (C=O) groups excluding carboxylic acids is 1. The number of piperidine rings is 1. The first kappa shape index (κ1) is 14.5. The highest BCUT2D eigenvalue weighted by atomic mass is 16.5. The lowest BCUT2D eigenvalue weighted by Crippen LogP contribution is -2.39. The molecule has 100 valence electrons. The minimum atomic E-state index is -0.137. The predicted molar refractivity (Wildman–Crippen MR) is 69.0 cm³/mol. The number of methoxy groups -OCH3 is 1. The van der Waals surface area contributed by atoms with Crippen molar-refractivity contribution in [2.75, 3.05) is 33.3 Å². The number of rotatable bonds is 7. The van der Waals surface area contributed by atoms with Gasteiger partial charge >= 0.3 is 5.97 Å². The Morgan fingerprint density at radius 3 is 2.94 bits per heavy atom. The molecule has 0 aromatic heterocycles. The van der Waals surface area contributed by atoms with Crippen LogP contribution in [0.5, 0.6) is 0 Å². The van der Waals surface area contributed by atoms with Crippen LogP contribution in [0.3, 0.4) is 0 Å². The van der Waals surface area contributed by atoms with Crippen molar-refractivity contribution in [1.29, 1.82) is 0 Å². The first-order valence-electron chi connectivity index (χ1n) is 6.75. The second kappa shape index (κ2) is 8.48. The van der Waals surface area contributed by atoms with Gasteiger partial charge in [-0.2, -0.15) is 0 Å². The van der Waals surface area contributed by atoms with E-state index in [2.05, 4.69) is 21.9 Å². The lowest BCUT2D eigenvalue weighted by molar-refractivity contribution is -0.140. The highest BCUT2D eigenvalue weighted by Crippen LogP contribution is 2.15. The van der Waals surface area contributed by atoms with Crippen molar-refractivity contribution in [3.05, 3.63) is 0 Å². The molecule has 1 rings (SSSR count). The van der Waals surface area contributed by atoms with Crippen molar-refractivity contribution in [1.82, 2.24) is 10.2 Å². The van der Waals surface area contributed by atoms with Crippen molar-refractivity contribution in [2.45, 2.75) is 45.1 Å². The van der Waals surface area contributed by atoms with Crippen molar-refractivity contribution in [3.63, 3.8) is 0 Å². The second-order valence-electron chi connectivity index (χ2n) is 4.81. The summed E-state index contributed by atoms with van der Waals surface area (Å²) < 4.78 is 4.58. The number of hydrogen-bond acceptors (Lipinski definition) is 4. The summed E-state index contributed by atoms with van der Waals surface area (Å²) in [6.07, 6.45) is 5.70. The smallest absolute Gasteiger partial charge is 0.306 e. The number of nitrogens with zero attached hydrogens (tertiary/aromatic N) is 1. The van der Waals surface area contributed by atoms with Crippen LogP contribution >= 0.6 is 0 Å². The molecular formula is C13H26N2O2. The molecule has 0 radical (unpaired) electrons. The summed E-state index contributed by atoms with van der Waals surface area (Å²) in [5, 5.41) is 3.28. The van der Waals surface area contributed by atoms with E-state index >= 15 is 0 Å². The maximum atomic E-state index is 10.9. The molecule has 1 unspecified atom stereocenters. The molecule has 0 saturated carbocycles. The van der Waals surface area contributed by atoms with Crippen molar-refractivity contribution in [2.24, 2.45) is 0 Å². The summed E-state index contributed by atoms with van der Waals surface area (Å²) in [5.41, 5.74) is 0. The minimum absolute atomic E-state index is 0.137. The van der Waals surface area contributed by atoms with Gasteiger partial charge in [-0.15, -0.1) is 0 Å². The average Bonchev–Trinajstić information content (AvgIpc) is 2.35. The molecule has 0 aliphatic carbocycles. The lowest BCUT2D eigenvalue weighted by atomic mass is 10.0. The van der Waals surface area contributed by atoms with Crippen molar-refractivity contribution < 1.29 is 9.53 Å². The lowest BCUT2D eigenvalue weighted by Gasteiger charge is -2.33. The van der Waals surface area contributed by atoms with Crippen LogP contribution in [0.2, 0.25) is 0 Å². The molecule has 1 N–H and O–H groups in total. The van der Waals surface area contributed by atoms with Crippen LogP contribution in [-0.4, -0.2) is 50.2 Å². The van der Waals surface area contributed by atoms with Crippen LogP contribution in [0, 0.1) is 0 Å². The van der Waals surface area contributed by atoms with Crippen LogP contribution < -0.4 is 5.32 Å². The molecule has 1 aliphatic heterocycles. The van der Waals surface area contributed by atoms with Gasteiger partial charge in [0.05, 0.1) is 13.5 Å². The summed E-state index contributed by atoms with van der Waals surface area (Å²) >= 11 is 0. The Balaban J connectivity index is 1.94. The van der Waals surface area contributed by atoms with E-state index in [1.807, 2.05) is 0 Å². The molecule has 1 saturated heterocycles. The van der Waals surface area contributed by atoms with E-state index in [9.17, 15) is 4.79 Å². The van der Waals surface area contributed by atoms with Crippen LogP contribution in [0.1, 0.15) is 39.0 Å². The Kier molecular flexibility index (Phi) is 7.21. The third-order valence-corrected chi connectivity index (χ3v) is 3.47. The molecule has 4 heteroatoms. The van der Waals surface area contributed by atoms with Gasteiger partial charge in [-0.3, -0.25) is 4.79 Å². The fraction of sp³-hybridized carbons (Fsp3) is 0.923. The highest BCUT2D eigenvalue weighted by molar-refractivity contribution is 5.69. The van der Waals surface area contributed by atoms with Crippen LogP contribution in [0.15, 0.2) is 0 Å². The fourth-order valence-electron chi connectivity index (χ4n) is 2.31. The van der Waals surface area contributed by atoms with E-state index in [1.165, 1.54) is 39.5 Å². The molecule has 4 nitrogen and oxygen atoms in total. The molecule has 1 aliphatic rings. The van der Waals surface area contributed by atoms with Gasteiger partial charge < -0.3 is 15.0 Å². The Morgan fingerprint density at radius 1 is 1.41 bits per heavy atom. The normalized spacial score (nSPS) is 21.4. The highest BCUT2D eigenvalue weighted by Gasteiger charge is 2.16. The largest absolute Gasteiger partial charge is 0.469 e. The van der Waals surface area contributed by atoms with Gasteiger partial charge in [-0.25, -0.2) is 0 Å². The molecular weight excluding hydrogens is 216 g/mol. The van der Waals surface area contributed by atoms with Gasteiger partial charge in [0.2, 0.25) is 0 Å². The zero-order chi connectivity index (χ0) is 12.5. The number of likely N-dealkylation sites (tertiary alicyclic amines) is 1. The standard InChI is InChI=1S/C13H26N2O2/c1-12-6-3-4-10-15(12)11-5-8-14-9-7-13(16)17-2/h12,14H,3-11H2,1-2H3. The van der Waals surface area contributed by atoms with E-state index in [1.54, 1.807) is 0 Å². The van der Waals surface area contributed by atoms with E-state index in [0.29, 0.717) is 6.42 Å². The molecule has 0 aromatic carbocycles. The molecule has 0 aromatic rings. The van der Waals surface area contributed by atoms with E-state index < -0.39 is 0 Å². The summed E-state index contributed by atoms with van der Waals surface area (Å²) in [6, 6.07) is 0.749. The fourth-order valence-corrected chi connectivity index (χ4v) is 2.31. The topological polar surface area (TPSA) is 41.6 Å². The molecule has 1 fully saturated rings. The SMILES string of the molecule is COC(=O)CCNCCCN1CCCCC1C. The number of ether oxygens (including phenoxy) is 1. The van der Waals surface area contributed by atoms with E-state index in [-0.39, 0.29) is 5.97 Å². The Morgan fingerprint density at radius 2 is 2.24 bits per heavy atom. The number of esters is 1. The van der Waals surface area contributed by atoms with Crippen molar-refractivity contribution in [3.8, 4) is 0 Å². The average molecular weight is 242 g/mol. The van der Waals surface area contributed by atoms with Crippen LogP contribution in [0.25, 0.3) is 0 Å². The first-order chi connectivity index (χ1) is 8.24. The summed E-state index contributed by atoms with van der Waals surface area (Å²) in [6.45, 7) is 6.46. The zero-order valence-corrected chi connectivity index (χ0v) is 11.2. The van der Waals surface area contributed by atoms with Gasteiger partial charge in [0.25, 0.3) is 0 Å². The summed E-state index contributed by atoms with van der Waals surface area (Å²) in [7, 11) is 1.43. The first-order valence-corrected chi connectivity index (χ1v) is 6.75. The molecule has 0 amide bonds. The van der Waals surface area contributed by atoms with Gasteiger partial charge in [0, 0.05) is 12.6 Å². The number of carbonyl (C=O) groups is 1. The number of nitrogens with one attached hydrogen (secondary N) is 1. The zero-order valence-electron chi connectivity index (χ0n) is 11.2. The third-order valence-electron chi connectivity index (χ3n) is 3.47. The second-order valence-corrected chi connectivity index (χ2v) is 4.81. The molecule has 17 heavy (non-hydrogen) atoms. The maximum Gasteiger partial charge on any atom is 0.306 e. The summed E-state index contributed by atoms with van der Waals surface area (Å²) in [5.74, 6) is -0.137. The number of hydrogen-bond donors (Lipinski definition) is 1. The van der Waals surface area contributed by atoms with Crippen LogP contribution in [-0.2, 0) is 9.53 Å². The molecule has 0 spiro atoms. The molecule has 0 bridgehead atoms. The van der Waals surface area contributed by atoms with E-state index in [0.717, 1.165) is 25.6 Å². The quantitative estimate of drug-likeness (QED) is 0.541. The maximum absolute atomic E-state index is 10.9. The van der Waals surface area contributed by atoms with Gasteiger partial charge in [-0.1, -0.05) is 6.42 Å². The monoisotopic (exact) mass is 242 g/mol. The van der Waals surface area contributed by atoms with Gasteiger partial charge in [-0.05, 0) is 45.8 Å². The van der Waals surface area contributed by atoms with Gasteiger partial charge in [0.15, 0.2) is 0 Å². The van der Waals surface area contributed by atoms with Crippen molar-refractivity contribution >= 4 is 5.97 Å². The van der Waals surface area contributed by atoms with Crippen LogP contribution in [0.4, 0.5) is 0 Å². The Bertz CT molecular complexity index is 221. The molecule has 1 heterocycles. The third kappa shape index (κ3) is 6.03. The minimum Gasteiger partial charge on any atom is -0.469 e. The Hall–Kier alpha value is -0.610.